The monoisotopic (exact) mass is 329 g/mol. The number of rotatable bonds is 4. The van der Waals surface area contributed by atoms with E-state index in [1.807, 2.05) is 27.7 Å². The molecule has 0 unspecified atom stereocenters. The van der Waals surface area contributed by atoms with Crippen molar-refractivity contribution in [2.24, 2.45) is 0 Å². The maximum Gasteiger partial charge on any atom is 0.492 e. The first-order valence-electron chi connectivity index (χ1n) is 8.39. The topological polar surface area (TPSA) is 47.6 Å². The Morgan fingerprint density at radius 1 is 1.08 bits per heavy atom. The van der Waals surface area contributed by atoms with Crippen molar-refractivity contribution in [1.29, 1.82) is 0 Å². The van der Waals surface area contributed by atoms with Crippen molar-refractivity contribution < 1.29 is 14.1 Å². The number of benzene rings is 1. The van der Waals surface area contributed by atoms with E-state index in [2.05, 4.69) is 43.4 Å². The van der Waals surface area contributed by atoms with E-state index in [-0.39, 0.29) is 5.91 Å². The van der Waals surface area contributed by atoms with Crippen LogP contribution in [0.3, 0.4) is 0 Å². The first-order chi connectivity index (χ1) is 11.0. The Kier molecular flexibility index (Phi) is 5.26. The highest BCUT2D eigenvalue weighted by atomic mass is 16.7. The molecule has 1 aromatic rings. The van der Waals surface area contributed by atoms with Crippen molar-refractivity contribution in [3.63, 3.8) is 0 Å². The molecule has 1 aromatic carbocycles. The van der Waals surface area contributed by atoms with Crippen LogP contribution < -0.4 is 5.32 Å². The number of amides is 1. The smallest absolute Gasteiger partial charge is 0.400 e. The van der Waals surface area contributed by atoms with Crippen LogP contribution in [-0.2, 0) is 14.1 Å². The summed E-state index contributed by atoms with van der Waals surface area (Å²) in [6, 6.07) is 6.37. The van der Waals surface area contributed by atoms with E-state index in [4.69, 9.17) is 9.31 Å². The summed E-state index contributed by atoms with van der Waals surface area (Å²) in [4.78, 5) is 11.4. The van der Waals surface area contributed by atoms with Gasteiger partial charge < -0.3 is 14.6 Å². The fourth-order valence-corrected chi connectivity index (χ4v) is 2.73. The fourth-order valence-electron chi connectivity index (χ4n) is 2.73. The van der Waals surface area contributed by atoms with Crippen LogP contribution in [0.25, 0.3) is 6.08 Å². The lowest BCUT2D eigenvalue weighted by molar-refractivity contribution is -0.118. The fraction of sp³-hybridized carbons (Fsp3) is 0.526. The minimum atomic E-state index is -0.470. The van der Waals surface area contributed by atoms with Gasteiger partial charge in [-0.25, -0.2) is 0 Å². The molecule has 0 radical (unpaired) electrons. The van der Waals surface area contributed by atoms with E-state index in [0.29, 0.717) is 6.54 Å². The normalized spacial score (nSPS) is 19.5. The first kappa shape index (κ1) is 18.7. The van der Waals surface area contributed by atoms with Gasteiger partial charge in [-0.2, -0.15) is 0 Å². The van der Waals surface area contributed by atoms with Crippen LogP contribution in [0, 0.1) is 13.8 Å². The van der Waals surface area contributed by atoms with Crippen LogP contribution in [0.4, 0.5) is 0 Å². The van der Waals surface area contributed by atoms with E-state index in [1.54, 1.807) is 0 Å². The van der Waals surface area contributed by atoms with Gasteiger partial charge in [-0.1, -0.05) is 35.4 Å². The van der Waals surface area contributed by atoms with Gasteiger partial charge in [0.1, 0.15) is 0 Å². The quantitative estimate of drug-likeness (QED) is 0.861. The van der Waals surface area contributed by atoms with Gasteiger partial charge in [0.2, 0.25) is 5.91 Å². The Bertz CT molecular complexity index is 628. The summed E-state index contributed by atoms with van der Waals surface area (Å²) in [5, 5.41) is 2.86. The van der Waals surface area contributed by atoms with Crippen LogP contribution in [0.15, 0.2) is 23.7 Å². The number of aryl methyl sites for hydroxylation is 2. The largest absolute Gasteiger partial charge is 0.492 e. The van der Waals surface area contributed by atoms with Gasteiger partial charge in [-0.15, -0.1) is 0 Å². The Morgan fingerprint density at radius 2 is 1.58 bits per heavy atom. The second-order valence-corrected chi connectivity index (χ2v) is 7.64. The molecular weight excluding hydrogens is 301 g/mol. The van der Waals surface area contributed by atoms with E-state index >= 15 is 0 Å². The minimum absolute atomic E-state index is 0.0714. The molecule has 0 aliphatic carbocycles. The van der Waals surface area contributed by atoms with Crippen molar-refractivity contribution in [3.05, 3.63) is 40.4 Å². The van der Waals surface area contributed by atoms with Gasteiger partial charge in [0.25, 0.3) is 0 Å². The molecule has 1 N–H and O–H groups in total. The van der Waals surface area contributed by atoms with Crippen LogP contribution in [0.5, 0.6) is 0 Å². The summed E-state index contributed by atoms with van der Waals surface area (Å²) < 4.78 is 12.3. The number of carbonyl (C=O) groups excluding carboxylic acids is 1. The molecule has 0 aromatic heterocycles. The Labute approximate surface area is 145 Å². The standard InChI is InChI=1S/C19H28BNO3/c1-13-8-14(2)10-16(9-13)11-17(12-21-15(3)22)20-23-18(4,5)19(6,7)24-20/h8-11H,12H2,1-7H3,(H,21,22). The Hall–Kier alpha value is -1.59. The molecule has 0 saturated carbocycles. The molecule has 1 aliphatic rings. The number of carbonyl (C=O) groups is 1. The van der Waals surface area contributed by atoms with E-state index in [0.717, 1.165) is 11.0 Å². The molecule has 5 heteroatoms. The molecule has 1 heterocycles. The van der Waals surface area contributed by atoms with Gasteiger partial charge in [0.05, 0.1) is 11.2 Å². The lowest BCUT2D eigenvalue weighted by Crippen LogP contribution is -2.41. The van der Waals surface area contributed by atoms with Gasteiger partial charge in [-0.3, -0.25) is 4.79 Å². The van der Waals surface area contributed by atoms with E-state index < -0.39 is 18.3 Å². The molecule has 0 bridgehead atoms. The Morgan fingerprint density at radius 3 is 2.04 bits per heavy atom. The molecule has 0 atom stereocenters. The van der Waals surface area contributed by atoms with Crippen molar-refractivity contribution in [2.45, 2.75) is 59.7 Å². The predicted octanol–water partition coefficient (Wildman–Crippen LogP) is 3.45. The molecule has 2 rings (SSSR count). The summed E-state index contributed by atoms with van der Waals surface area (Å²) >= 11 is 0. The zero-order chi connectivity index (χ0) is 18.1. The van der Waals surface area contributed by atoms with Gasteiger partial charge in [0.15, 0.2) is 0 Å². The van der Waals surface area contributed by atoms with Crippen LogP contribution in [0.1, 0.15) is 51.3 Å². The maximum atomic E-state index is 11.4. The molecule has 1 aliphatic heterocycles. The second-order valence-electron chi connectivity index (χ2n) is 7.64. The predicted molar refractivity (Wildman–Crippen MR) is 98.7 cm³/mol. The van der Waals surface area contributed by atoms with Gasteiger partial charge in [-0.05, 0) is 52.6 Å². The van der Waals surface area contributed by atoms with Crippen LogP contribution in [0.2, 0.25) is 0 Å². The van der Waals surface area contributed by atoms with Gasteiger partial charge >= 0.3 is 7.12 Å². The molecular formula is C19H28BNO3. The highest BCUT2D eigenvalue weighted by molar-refractivity contribution is 6.56. The average Bonchev–Trinajstić information content (AvgIpc) is 2.62. The first-order valence-corrected chi connectivity index (χ1v) is 8.39. The van der Waals surface area contributed by atoms with Gasteiger partial charge in [0, 0.05) is 13.5 Å². The number of nitrogens with one attached hydrogen (secondary N) is 1. The zero-order valence-corrected chi connectivity index (χ0v) is 15.8. The maximum absolute atomic E-state index is 11.4. The summed E-state index contributed by atoms with van der Waals surface area (Å²) in [6.45, 7) is 14.2. The van der Waals surface area contributed by atoms with E-state index in [9.17, 15) is 4.79 Å². The zero-order valence-electron chi connectivity index (χ0n) is 15.8. The number of hydrogen-bond donors (Lipinski definition) is 1. The SMILES string of the molecule is CC(=O)NCC(=Cc1cc(C)cc(C)c1)B1OC(C)(C)C(C)(C)O1. The summed E-state index contributed by atoms with van der Waals surface area (Å²) in [7, 11) is -0.470. The van der Waals surface area contributed by atoms with Crippen molar-refractivity contribution in [2.75, 3.05) is 6.54 Å². The molecule has 24 heavy (non-hydrogen) atoms. The van der Waals surface area contributed by atoms with Crippen LogP contribution >= 0.6 is 0 Å². The third-order valence-corrected chi connectivity index (χ3v) is 4.69. The van der Waals surface area contributed by atoms with Crippen molar-refractivity contribution >= 4 is 19.1 Å². The minimum Gasteiger partial charge on any atom is -0.400 e. The molecule has 1 amide bonds. The third kappa shape index (κ3) is 4.28. The van der Waals surface area contributed by atoms with Crippen molar-refractivity contribution in [1.82, 2.24) is 5.32 Å². The summed E-state index contributed by atoms with van der Waals surface area (Å²) in [6.07, 6.45) is 2.05. The average molecular weight is 329 g/mol. The highest BCUT2D eigenvalue weighted by Crippen LogP contribution is 2.38. The van der Waals surface area contributed by atoms with Crippen molar-refractivity contribution in [3.8, 4) is 0 Å². The lowest BCUT2D eigenvalue weighted by atomic mass is 9.76. The second kappa shape index (κ2) is 6.73. The highest BCUT2D eigenvalue weighted by Gasteiger charge is 2.52. The molecule has 0 spiro atoms. The molecule has 4 nitrogen and oxygen atoms in total. The lowest BCUT2D eigenvalue weighted by Gasteiger charge is -2.32. The third-order valence-electron chi connectivity index (χ3n) is 4.69. The Balaban J connectivity index is 2.35. The molecule has 1 saturated heterocycles. The molecule has 130 valence electrons. The van der Waals surface area contributed by atoms with Crippen LogP contribution in [-0.4, -0.2) is 30.8 Å². The number of hydrogen-bond acceptors (Lipinski definition) is 3. The van der Waals surface area contributed by atoms with E-state index in [1.165, 1.54) is 18.1 Å². The summed E-state index contributed by atoms with van der Waals surface area (Å²) in [5.74, 6) is -0.0714. The summed E-state index contributed by atoms with van der Waals surface area (Å²) in [5.41, 5.74) is 3.59. The molecule has 1 fully saturated rings.